The number of benzene rings is 2. The molecule has 4 aromatic rings. The Kier molecular flexibility index (Phi) is 4.82. The van der Waals surface area contributed by atoms with E-state index in [1.165, 1.54) is 11.1 Å². The van der Waals surface area contributed by atoms with Gasteiger partial charge in [-0.05, 0) is 48.4 Å². The van der Waals surface area contributed by atoms with E-state index in [0.29, 0.717) is 5.75 Å². The maximum atomic E-state index is 5.86. The Balaban J connectivity index is 1.46. The van der Waals surface area contributed by atoms with Crippen LogP contribution < -0.4 is 19.5 Å². The van der Waals surface area contributed by atoms with Crippen LogP contribution in [0.15, 0.2) is 60.9 Å². The zero-order chi connectivity index (χ0) is 21.4. The first-order valence-corrected chi connectivity index (χ1v) is 10.2. The van der Waals surface area contributed by atoms with Crippen molar-refractivity contribution in [1.82, 2.24) is 9.97 Å². The van der Waals surface area contributed by atoms with Gasteiger partial charge in [0.25, 0.3) is 0 Å². The second kappa shape index (κ2) is 7.80. The van der Waals surface area contributed by atoms with Crippen molar-refractivity contribution in [2.45, 2.75) is 19.4 Å². The summed E-state index contributed by atoms with van der Waals surface area (Å²) in [4.78, 5) is 8.92. The van der Waals surface area contributed by atoms with Gasteiger partial charge in [-0.15, -0.1) is 0 Å². The van der Waals surface area contributed by atoms with Crippen molar-refractivity contribution >= 4 is 16.6 Å². The Bertz CT molecular complexity index is 1240. The number of fused-ring (bicyclic) bond motifs is 3. The van der Waals surface area contributed by atoms with E-state index < -0.39 is 0 Å². The van der Waals surface area contributed by atoms with Crippen LogP contribution in [-0.2, 0) is 6.42 Å². The quantitative estimate of drug-likeness (QED) is 0.469. The molecule has 6 nitrogen and oxygen atoms in total. The van der Waals surface area contributed by atoms with E-state index in [1.54, 1.807) is 26.6 Å². The van der Waals surface area contributed by atoms with E-state index in [-0.39, 0.29) is 6.04 Å². The topological polar surface area (TPSA) is 65.5 Å². The van der Waals surface area contributed by atoms with Gasteiger partial charge in [-0.2, -0.15) is 0 Å². The van der Waals surface area contributed by atoms with Crippen LogP contribution >= 0.6 is 0 Å². The van der Waals surface area contributed by atoms with Gasteiger partial charge in [-0.3, -0.25) is 4.98 Å². The molecule has 0 spiro atoms. The Morgan fingerprint density at radius 3 is 2.52 bits per heavy atom. The zero-order valence-electron chi connectivity index (χ0n) is 17.7. The molecule has 0 fully saturated rings. The summed E-state index contributed by atoms with van der Waals surface area (Å²) in [5.41, 5.74) is 5.37. The number of ether oxygens (including phenoxy) is 3. The van der Waals surface area contributed by atoms with Crippen molar-refractivity contribution in [3.8, 4) is 23.0 Å². The molecule has 1 aliphatic heterocycles. The fourth-order valence-corrected chi connectivity index (χ4v) is 4.10. The third-order valence-electron chi connectivity index (χ3n) is 5.67. The summed E-state index contributed by atoms with van der Waals surface area (Å²) in [5.74, 6) is 2.96. The van der Waals surface area contributed by atoms with Gasteiger partial charge in [0.15, 0.2) is 0 Å². The number of aryl methyl sites for hydroxylation is 1. The third kappa shape index (κ3) is 3.50. The van der Waals surface area contributed by atoms with Crippen molar-refractivity contribution in [2.24, 2.45) is 0 Å². The smallest absolute Gasteiger partial charge is 0.148 e. The molecule has 0 bridgehead atoms. The molecule has 0 saturated carbocycles. The number of methoxy groups -OCH3 is 2. The summed E-state index contributed by atoms with van der Waals surface area (Å²) in [6.45, 7) is 2.05. The first-order chi connectivity index (χ1) is 15.2. The second-order valence-corrected chi connectivity index (χ2v) is 7.54. The summed E-state index contributed by atoms with van der Waals surface area (Å²) in [5, 5.41) is 4.71. The fraction of sp³-hybridized carbons (Fsp3) is 0.200. The number of pyridine rings is 2. The Labute approximate surface area is 180 Å². The van der Waals surface area contributed by atoms with Gasteiger partial charge in [0.1, 0.15) is 28.5 Å². The van der Waals surface area contributed by atoms with E-state index in [9.17, 15) is 0 Å². The van der Waals surface area contributed by atoms with Crippen molar-refractivity contribution in [1.29, 1.82) is 0 Å². The summed E-state index contributed by atoms with van der Waals surface area (Å²) in [6.07, 6.45) is 4.30. The van der Waals surface area contributed by atoms with E-state index in [1.807, 2.05) is 36.4 Å². The van der Waals surface area contributed by atoms with Crippen LogP contribution in [0.5, 0.6) is 23.0 Å². The van der Waals surface area contributed by atoms with Gasteiger partial charge in [0.2, 0.25) is 0 Å². The lowest BCUT2D eigenvalue weighted by atomic mass is 10.0. The molecule has 5 rings (SSSR count). The molecule has 0 radical (unpaired) electrons. The van der Waals surface area contributed by atoms with E-state index in [2.05, 4.69) is 29.4 Å². The van der Waals surface area contributed by atoms with Gasteiger partial charge in [-0.1, -0.05) is 12.1 Å². The predicted molar refractivity (Wildman–Crippen MR) is 120 cm³/mol. The number of nitrogens with one attached hydrogen (secondary N) is 1. The lowest BCUT2D eigenvalue weighted by Gasteiger charge is -2.14. The van der Waals surface area contributed by atoms with Crippen molar-refractivity contribution in [3.05, 3.63) is 77.7 Å². The van der Waals surface area contributed by atoms with E-state index in [0.717, 1.165) is 46.0 Å². The van der Waals surface area contributed by atoms with Gasteiger partial charge in [0, 0.05) is 35.5 Å². The van der Waals surface area contributed by atoms with Crippen molar-refractivity contribution < 1.29 is 14.2 Å². The summed E-state index contributed by atoms with van der Waals surface area (Å²) in [7, 11) is 3.32. The van der Waals surface area contributed by atoms with Crippen LogP contribution in [0.25, 0.3) is 10.9 Å². The monoisotopic (exact) mass is 413 g/mol. The molecule has 1 unspecified atom stereocenters. The third-order valence-corrected chi connectivity index (χ3v) is 5.67. The molecule has 31 heavy (non-hydrogen) atoms. The number of hydrogen-bond acceptors (Lipinski definition) is 6. The van der Waals surface area contributed by atoms with Gasteiger partial charge < -0.3 is 19.5 Å². The number of rotatable bonds is 5. The highest BCUT2D eigenvalue weighted by Gasteiger charge is 2.27. The molecule has 156 valence electrons. The number of hydrogen-bond donors (Lipinski definition) is 1. The first-order valence-electron chi connectivity index (χ1n) is 10.2. The standard InChI is InChI=1S/C25H23N3O3/c1-15-20-13-22(16-6-8-17(9-7-16)31-18-5-4-10-26-14-18)28-24(20)21-11-19(29-2)12-23(30-3)25(21)27-15/h4-12,14,22,28H,13H2,1-3H3. The molecule has 2 aromatic carbocycles. The second-order valence-electron chi connectivity index (χ2n) is 7.54. The molecule has 2 aromatic heterocycles. The highest BCUT2D eigenvalue weighted by Crippen LogP contribution is 2.43. The average molecular weight is 413 g/mol. The highest BCUT2D eigenvalue weighted by atomic mass is 16.5. The van der Waals surface area contributed by atoms with Crippen molar-refractivity contribution in [3.63, 3.8) is 0 Å². The van der Waals surface area contributed by atoms with Crippen LogP contribution in [-0.4, -0.2) is 24.2 Å². The maximum Gasteiger partial charge on any atom is 0.148 e. The molecule has 1 aliphatic rings. The molecule has 1 atom stereocenters. The molecule has 0 aliphatic carbocycles. The highest BCUT2D eigenvalue weighted by molar-refractivity contribution is 5.99. The van der Waals surface area contributed by atoms with Gasteiger partial charge in [-0.25, -0.2) is 4.98 Å². The average Bonchev–Trinajstić information content (AvgIpc) is 3.26. The van der Waals surface area contributed by atoms with Gasteiger partial charge >= 0.3 is 0 Å². The number of nitrogens with zero attached hydrogens (tertiary/aromatic N) is 2. The van der Waals surface area contributed by atoms with E-state index in [4.69, 9.17) is 19.2 Å². The normalized spacial score (nSPS) is 14.7. The molecular weight excluding hydrogens is 390 g/mol. The van der Waals surface area contributed by atoms with Gasteiger partial charge in [0.05, 0.1) is 26.5 Å². The fourth-order valence-electron chi connectivity index (χ4n) is 4.10. The van der Waals surface area contributed by atoms with Crippen LogP contribution in [0.3, 0.4) is 0 Å². The first kappa shape index (κ1) is 19.2. The molecular formula is C25H23N3O3. The Morgan fingerprint density at radius 2 is 1.81 bits per heavy atom. The van der Waals surface area contributed by atoms with Crippen LogP contribution in [0.1, 0.15) is 22.9 Å². The van der Waals surface area contributed by atoms with Crippen molar-refractivity contribution in [2.75, 3.05) is 19.5 Å². The summed E-state index contributed by atoms with van der Waals surface area (Å²) in [6, 6.07) is 16.0. The Morgan fingerprint density at radius 1 is 0.968 bits per heavy atom. The van der Waals surface area contributed by atoms with Crippen LogP contribution in [0.4, 0.5) is 5.69 Å². The molecule has 3 heterocycles. The predicted octanol–water partition coefficient (Wildman–Crippen LogP) is 5.46. The summed E-state index contributed by atoms with van der Waals surface area (Å²) >= 11 is 0. The lowest BCUT2D eigenvalue weighted by Crippen LogP contribution is -2.05. The van der Waals surface area contributed by atoms with E-state index >= 15 is 0 Å². The van der Waals surface area contributed by atoms with Crippen LogP contribution in [0, 0.1) is 6.92 Å². The molecule has 0 amide bonds. The SMILES string of the molecule is COc1cc(OC)c2nc(C)c3c(c2c1)NC(c1ccc(Oc2cccnc2)cc1)C3. The Hall–Kier alpha value is -3.80. The largest absolute Gasteiger partial charge is 0.497 e. The minimum atomic E-state index is 0.158. The molecule has 0 saturated heterocycles. The molecule has 1 N–H and O–H groups in total. The number of anilines is 1. The maximum absolute atomic E-state index is 5.86. The summed E-state index contributed by atoms with van der Waals surface area (Å²) < 4.78 is 16.9. The van der Waals surface area contributed by atoms with Crippen LogP contribution in [0.2, 0.25) is 0 Å². The molecule has 6 heteroatoms. The zero-order valence-corrected chi connectivity index (χ0v) is 17.7. The lowest BCUT2D eigenvalue weighted by molar-refractivity contribution is 0.397. The minimum absolute atomic E-state index is 0.158. The number of aromatic nitrogens is 2. The minimum Gasteiger partial charge on any atom is -0.497 e.